The van der Waals surface area contributed by atoms with Crippen molar-refractivity contribution in [1.29, 1.82) is 0 Å². The SMILES string of the molecule is CC(C)n1cc(Cl)cc1C(=O)N1C2CCC1CC(N)C2. The number of nitrogens with zero attached hydrogens (tertiary/aromatic N) is 2. The first-order valence-corrected chi connectivity index (χ1v) is 7.80. The zero-order chi connectivity index (χ0) is 14.4. The molecular formula is C15H22ClN3O. The van der Waals surface area contributed by atoms with Crippen LogP contribution in [0.1, 0.15) is 56.1 Å². The van der Waals surface area contributed by atoms with Crippen molar-refractivity contribution in [1.82, 2.24) is 9.47 Å². The number of piperidine rings is 1. The summed E-state index contributed by atoms with van der Waals surface area (Å²) in [5, 5.41) is 0.628. The molecule has 1 amide bonds. The van der Waals surface area contributed by atoms with E-state index in [4.69, 9.17) is 17.3 Å². The maximum absolute atomic E-state index is 12.9. The fraction of sp³-hybridized carbons (Fsp3) is 0.667. The van der Waals surface area contributed by atoms with Crippen LogP contribution < -0.4 is 5.73 Å². The van der Waals surface area contributed by atoms with Gasteiger partial charge in [-0.3, -0.25) is 4.79 Å². The average Bonchev–Trinajstić information content (AvgIpc) is 2.88. The predicted molar refractivity (Wildman–Crippen MR) is 80.0 cm³/mol. The van der Waals surface area contributed by atoms with E-state index in [1.807, 2.05) is 10.8 Å². The topological polar surface area (TPSA) is 51.3 Å². The van der Waals surface area contributed by atoms with Crippen molar-refractivity contribution < 1.29 is 4.79 Å². The molecule has 2 bridgehead atoms. The van der Waals surface area contributed by atoms with E-state index in [9.17, 15) is 4.79 Å². The second-order valence-electron chi connectivity index (χ2n) is 6.37. The molecular weight excluding hydrogens is 274 g/mol. The van der Waals surface area contributed by atoms with Gasteiger partial charge in [0.25, 0.3) is 5.91 Å². The number of nitrogens with two attached hydrogens (primary N) is 1. The van der Waals surface area contributed by atoms with Crippen LogP contribution in [0.15, 0.2) is 12.3 Å². The lowest BCUT2D eigenvalue weighted by Crippen LogP contribution is -2.50. The molecule has 2 saturated heterocycles. The molecule has 1 aromatic rings. The van der Waals surface area contributed by atoms with Gasteiger partial charge in [0.2, 0.25) is 0 Å². The normalized spacial score (nSPS) is 29.2. The average molecular weight is 296 g/mol. The summed E-state index contributed by atoms with van der Waals surface area (Å²) in [6.07, 6.45) is 5.87. The molecule has 2 unspecified atom stereocenters. The molecule has 0 spiro atoms. The minimum atomic E-state index is 0.116. The van der Waals surface area contributed by atoms with Crippen molar-refractivity contribution in [3.05, 3.63) is 23.0 Å². The van der Waals surface area contributed by atoms with E-state index in [2.05, 4.69) is 18.7 Å². The Kier molecular flexibility index (Phi) is 3.55. The number of rotatable bonds is 2. The highest BCUT2D eigenvalue weighted by molar-refractivity contribution is 6.31. The maximum atomic E-state index is 12.9. The molecule has 0 aliphatic carbocycles. The minimum Gasteiger partial charge on any atom is -0.339 e. The summed E-state index contributed by atoms with van der Waals surface area (Å²) in [6, 6.07) is 2.89. The number of fused-ring (bicyclic) bond motifs is 2. The second kappa shape index (κ2) is 5.08. The first kappa shape index (κ1) is 14.0. The van der Waals surface area contributed by atoms with Crippen molar-refractivity contribution in [2.75, 3.05) is 0 Å². The first-order chi connectivity index (χ1) is 9.47. The summed E-state index contributed by atoms with van der Waals surface area (Å²) >= 11 is 6.09. The van der Waals surface area contributed by atoms with Crippen LogP contribution in [0.2, 0.25) is 5.02 Å². The molecule has 0 radical (unpaired) electrons. The van der Waals surface area contributed by atoms with Crippen LogP contribution in [0.4, 0.5) is 0 Å². The Balaban J connectivity index is 1.90. The molecule has 20 heavy (non-hydrogen) atoms. The van der Waals surface area contributed by atoms with Crippen LogP contribution in [0.5, 0.6) is 0 Å². The van der Waals surface area contributed by atoms with Gasteiger partial charge < -0.3 is 15.2 Å². The molecule has 110 valence electrons. The number of amides is 1. The highest BCUT2D eigenvalue weighted by atomic mass is 35.5. The van der Waals surface area contributed by atoms with E-state index in [1.54, 1.807) is 6.07 Å². The Labute approximate surface area is 124 Å². The van der Waals surface area contributed by atoms with Crippen LogP contribution in [-0.2, 0) is 0 Å². The monoisotopic (exact) mass is 295 g/mol. The van der Waals surface area contributed by atoms with E-state index in [1.165, 1.54) is 0 Å². The summed E-state index contributed by atoms with van der Waals surface area (Å²) in [5.41, 5.74) is 6.78. The van der Waals surface area contributed by atoms with Gasteiger partial charge in [0, 0.05) is 30.4 Å². The molecule has 2 aliphatic heterocycles. The third-order valence-corrected chi connectivity index (χ3v) is 4.80. The van der Waals surface area contributed by atoms with Crippen molar-refractivity contribution in [3.63, 3.8) is 0 Å². The van der Waals surface area contributed by atoms with Crippen LogP contribution >= 0.6 is 11.6 Å². The van der Waals surface area contributed by atoms with E-state index in [0.29, 0.717) is 22.8 Å². The fourth-order valence-electron chi connectivity index (χ4n) is 3.73. The van der Waals surface area contributed by atoms with Crippen molar-refractivity contribution in [3.8, 4) is 0 Å². The van der Waals surface area contributed by atoms with Gasteiger partial charge in [-0.15, -0.1) is 0 Å². The van der Waals surface area contributed by atoms with E-state index >= 15 is 0 Å². The van der Waals surface area contributed by atoms with Crippen LogP contribution in [0.3, 0.4) is 0 Å². The van der Waals surface area contributed by atoms with Gasteiger partial charge >= 0.3 is 0 Å². The van der Waals surface area contributed by atoms with Crippen LogP contribution in [0, 0.1) is 0 Å². The Morgan fingerprint density at radius 3 is 2.50 bits per heavy atom. The molecule has 2 N–H and O–H groups in total. The van der Waals surface area contributed by atoms with Gasteiger partial charge in [-0.05, 0) is 45.6 Å². The number of hydrogen-bond donors (Lipinski definition) is 1. The third kappa shape index (κ3) is 2.25. The van der Waals surface area contributed by atoms with Crippen molar-refractivity contribution >= 4 is 17.5 Å². The summed E-state index contributed by atoms with van der Waals surface area (Å²) < 4.78 is 1.97. The Morgan fingerprint density at radius 1 is 1.35 bits per heavy atom. The Hall–Kier alpha value is -1.00. The highest BCUT2D eigenvalue weighted by Gasteiger charge is 2.43. The fourth-order valence-corrected chi connectivity index (χ4v) is 3.94. The first-order valence-electron chi connectivity index (χ1n) is 7.43. The third-order valence-electron chi connectivity index (χ3n) is 4.59. The molecule has 3 rings (SSSR count). The quantitative estimate of drug-likeness (QED) is 0.912. The molecule has 0 aromatic carbocycles. The zero-order valence-corrected chi connectivity index (χ0v) is 12.8. The van der Waals surface area contributed by atoms with Gasteiger partial charge in [0.15, 0.2) is 0 Å². The lowest BCUT2D eigenvalue weighted by atomic mass is 9.98. The predicted octanol–water partition coefficient (Wildman–Crippen LogP) is 2.82. The number of carbonyl (C=O) groups excluding carboxylic acids is 1. The summed E-state index contributed by atoms with van der Waals surface area (Å²) in [5.74, 6) is 0.116. The van der Waals surface area contributed by atoms with E-state index < -0.39 is 0 Å². The molecule has 0 saturated carbocycles. The molecule has 3 heterocycles. The van der Waals surface area contributed by atoms with Crippen LogP contribution in [0.25, 0.3) is 0 Å². The largest absolute Gasteiger partial charge is 0.339 e. The molecule has 2 aliphatic rings. The van der Waals surface area contributed by atoms with Gasteiger partial charge in [-0.25, -0.2) is 0 Å². The van der Waals surface area contributed by atoms with Gasteiger partial charge in [-0.2, -0.15) is 0 Å². The van der Waals surface area contributed by atoms with E-state index in [-0.39, 0.29) is 18.0 Å². The zero-order valence-electron chi connectivity index (χ0n) is 12.1. The summed E-state index contributed by atoms with van der Waals surface area (Å²) in [6.45, 7) is 4.13. The van der Waals surface area contributed by atoms with Gasteiger partial charge in [0.05, 0.1) is 5.02 Å². The van der Waals surface area contributed by atoms with Crippen molar-refractivity contribution in [2.24, 2.45) is 5.73 Å². The molecule has 1 aromatic heterocycles. The number of aromatic nitrogens is 1. The minimum absolute atomic E-state index is 0.116. The second-order valence-corrected chi connectivity index (χ2v) is 6.81. The number of hydrogen-bond acceptors (Lipinski definition) is 2. The van der Waals surface area contributed by atoms with Crippen LogP contribution in [-0.4, -0.2) is 33.5 Å². The maximum Gasteiger partial charge on any atom is 0.271 e. The molecule has 4 nitrogen and oxygen atoms in total. The van der Waals surface area contributed by atoms with Gasteiger partial charge in [0.1, 0.15) is 5.69 Å². The Morgan fingerprint density at radius 2 is 1.95 bits per heavy atom. The van der Waals surface area contributed by atoms with E-state index in [0.717, 1.165) is 25.7 Å². The standard InChI is InChI=1S/C15H22ClN3O/c1-9(2)18-8-10(16)5-14(18)15(20)19-12-3-4-13(19)7-11(17)6-12/h5,8-9,11-13H,3-4,6-7,17H2,1-2H3. The number of carbonyl (C=O) groups is 1. The lowest BCUT2D eigenvalue weighted by molar-refractivity contribution is 0.0562. The Bertz CT molecular complexity index is 511. The van der Waals surface area contributed by atoms with Crippen molar-refractivity contribution in [2.45, 2.75) is 63.7 Å². The molecule has 5 heteroatoms. The highest BCUT2D eigenvalue weighted by Crippen LogP contribution is 2.36. The summed E-state index contributed by atoms with van der Waals surface area (Å²) in [4.78, 5) is 15.0. The molecule has 2 atom stereocenters. The lowest BCUT2D eigenvalue weighted by Gasteiger charge is -2.38. The number of halogens is 1. The van der Waals surface area contributed by atoms with Gasteiger partial charge in [-0.1, -0.05) is 11.6 Å². The summed E-state index contributed by atoms with van der Waals surface area (Å²) in [7, 11) is 0. The molecule has 2 fully saturated rings. The smallest absolute Gasteiger partial charge is 0.271 e.